The van der Waals surface area contributed by atoms with Crippen LogP contribution in [0.2, 0.25) is 0 Å². The fraction of sp³-hybridized carbons (Fsp3) is 0.316. The summed E-state index contributed by atoms with van der Waals surface area (Å²) in [4.78, 5) is 31.1. The highest BCUT2D eigenvalue weighted by molar-refractivity contribution is 6.08. The number of rotatable bonds is 4. The van der Waals surface area contributed by atoms with Gasteiger partial charge in [0.2, 0.25) is 11.8 Å². The highest BCUT2D eigenvalue weighted by atomic mass is 19.1. The van der Waals surface area contributed by atoms with E-state index < -0.39 is 41.2 Å². The van der Waals surface area contributed by atoms with Crippen LogP contribution in [-0.2, 0) is 16.0 Å². The van der Waals surface area contributed by atoms with Crippen LogP contribution in [0, 0.1) is 17.6 Å². The lowest BCUT2D eigenvalue weighted by Crippen LogP contribution is -2.53. The van der Waals surface area contributed by atoms with E-state index in [0.717, 1.165) is 12.1 Å². The number of nitrogens with one attached hydrogen (secondary N) is 1. The summed E-state index contributed by atoms with van der Waals surface area (Å²) in [6.45, 7) is 3.59. The first-order valence-electron chi connectivity index (χ1n) is 8.58. The molecule has 0 bridgehead atoms. The molecule has 142 valence electrons. The Bertz CT molecular complexity index is 868. The number of amides is 2. The quantitative estimate of drug-likeness (QED) is 0.859. The van der Waals surface area contributed by atoms with Crippen LogP contribution in [0.1, 0.15) is 19.4 Å². The predicted molar refractivity (Wildman–Crippen MR) is 97.0 cm³/mol. The molecule has 6 nitrogen and oxygen atoms in total. The first-order valence-corrected chi connectivity index (χ1v) is 8.58. The molecule has 2 aromatic rings. The van der Waals surface area contributed by atoms with Crippen LogP contribution < -0.4 is 16.0 Å². The van der Waals surface area contributed by atoms with Crippen molar-refractivity contribution in [2.75, 3.05) is 10.2 Å². The van der Waals surface area contributed by atoms with Crippen LogP contribution in [0.15, 0.2) is 36.5 Å². The first-order chi connectivity index (χ1) is 12.8. The number of halogens is 2. The molecule has 27 heavy (non-hydrogen) atoms. The Kier molecular flexibility index (Phi) is 5.18. The molecule has 0 aliphatic carbocycles. The summed E-state index contributed by atoms with van der Waals surface area (Å²) < 4.78 is 27.8. The van der Waals surface area contributed by atoms with Gasteiger partial charge in [-0.3, -0.25) is 14.5 Å². The fourth-order valence-electron chi connectivity index (χ4n) is 2.99. The minimum atomic E-state index is -0.994. The van der Waals surface area contributed by atoms with E-state index in [2.05, 4.69) is 10.3 Å². The van der Waals surface area contributed by atoms with Crippen molar-refractivity contribution in [1.29, 1.82) is 0 Å². The van der Waals surface area contributed by atoms with Crippen molar-refractivity contribution in [2.24, 2.45) is 11.7 Å². The van der Waals surface area contributed by atoms with Gasteiger partial charge in [-0.15, -0.1) is 0 Å². The number of hydrogen-bond donors (Lipinski definition) is 2. The normalized spacial score (nSPS) is 17.0. The summed E-state index contributed by atoms with van der Waals surface area (Å²) in [6, 6.07) is 4.90. The summed E-state index contributed by atoms with van der Waals surface area (Å²) in [5.74, 6) is -2.77. The number of fused-ring (bicyclic) bond motifs is 1. The third-order valence-electron chi connectivity index (χ3n) is 4.58. The molecule has 0 saturated heterocycles. The molecule has 1 aromatic heterocycles. The molecule has 0 saturated carbocycles. The molecule has 2 amide bonds. The molecule has 0 spiro atoms. The molecule has 3 rings (SSSR count). The molecule has 1 aromatic carbocycles. The second kappa shape index (κ2) is 7.40. The van der Waals surface area contributed by atoms with E-state index in [-0.39, 0.29) is 12.3 Å². The number of nitrogens with two attached hydrogens (primary N) is 1. The third-order valence-corrected chi connectivity index (χ3v) is 4.58. The van der Waals surface area contributed by atoms with Gasteiger partial charge in [-0.25, -0.2) is 13.8 Å². The van der Waals surface area contributed by atoms with Gasteiger partial charge in [-0.05, 0) is 29.7 Å². The zero-order valence-electron chi connectivity index (χ0n) is 14.9. The number of para-hydroxylation sites is 1. The van der Waals surface area contributed by atoms with Crippen LogP contribution in [-0.4, -0.2) is 28.9 Å². The maximum atomic E-state index is 13.9. The van der Waals surface area contributed by atoms with Crippen molar-refractivity contribution >= 4 is 23.3 Å². The Morgan fingerprint density at radius 3 is 2.52 bits per heavy atom. The molecule has 3 N–H and O–H groups in total. The lowest BCUT2D eigenvalue weighted by atomic mass is 10.0. The summed E-state index contributed by atoms with van der Waals surface area (Å²) in [5.41, 5.74) is 6.13. The van der Waals surface area contributed by atoms with Gasteiger partial charge < -0.3 is 11.1 Å². The highest BCUT2D eigenvalue weighted by Crippen LogP contribution is 2.32. The fourth-order valence-corrected chi connectivity index (χ4v) is 2.99. The van der Waals surface area contributed by atoms with Gasteiger partial charge in [-0.2, -0.15) is 0 Å². The van der Waals surface area contributed by atoms with Crippen LogP contribution in [0.5, 0.6) is 0 Å². The Labute approximate surface area is 155 Å². The summed E-state index contributed by atoms with van der Waals surface area (Å²) in [7, 11) is 0. The molecule has 0 radical (unpaired) electrons. The lowest BCUT2D eigenvalue weighted by Gasteiger charge is -2.28. The van der Waals surface area contributed by atoms with Crippen molar-refractivity contribution in [3.63, 3.8) is 0 Å². The number of aromatic nitrogens is 1. The van der Waals surface area contributed by atoms with Gasteiger partial charge in [0.15, 0.2) is 0 Å². The number of carbonyl (C=O) groups excluding carboxylic acids is 2. The van der Waals surface area contributed by atoms with E-state index in [4.69, 9.17) is 5.73 Å². The molecular formula is C19H20F2N4O2. The number of pyridine rings is 1. The van der Waals surface area contributed by atoms with Crippen molar-refractivity contribution < 1.29 is 18.4 Å². The number of carbonyl (C=O) groups is 2. The molecule has 1 aliphatic rings. The summed E-state index contributed by atoms with van der Waals surface area (Å²) >= 11 is 0. The van der Waals surface area contributed by atoms with E-state index in [1.165, 1.54) is 17.2 Å². The average Bonchev–Trinajstić information content (AvgIpc) is 3.03. The van der Waals surface area contributed by atoms with Crippen molar-refractivity contribution in [3.8, 4) is 0 Å². The largest absolute Gasteiger partial charge is 0.320 e. The Balaban J connectivity index is 1.93. The number of hydrogen-bond acceptors (Lipinski definition) is 4. The number of anilines is 2. The Hall–Kier alpha value is -2.87. The van der Waals surface area contributed by atoms with Gasteiger partial charge in [0.25, 0.3) is 0 Å². The smallest absolute Gasteiger partial charge is 0.248 e. The number of nitrogens with zero attached hydrogens (tertiary/aromatic N) is 2. The van der Waals surface area contributed by atoms with E-state index >= 15 is 0 Å². The monoisotopic (exact) mass is 374 g/mol. The maximum absolute atomic E-state index is 13.9. The van der Waals surface area contributed by atoms with Crippen LogP contribution in [0.4, 0.5) is 20.3 Å². The average molecular weight is 374 g/mol. The number of benzene rings is 1. The van der Waals surface area contributed by atoms with Gasteiger partial charge in [-0.1, -0.05) is 26.0 Å². The van der Waals surface area contributed by atoms with E-state index in [1.54, 1.807) is 26.0 Å². The van der Waals surface area contributed by atoms with Crippen molar-refractivity contribution in [3.05, 3.63) is 53.7 Å². The van der Waals surface area contributed by atoms with Crippen LogP contribution >= 0.6 is 0 Å². The zero-order chi connectivity index (χ0) is 19.7. The highest BCUT2D eigenvalue weighted by Gasteiger charge is 2.41. The maximum Gasteiger partial charge on any atom is 0.248 e. The van der Waals surface area contributed by atoms with Crippen molar-refractivity contribution in [2.45, 2.75) is 32.4 Å². The first kappa shape index (κ1) is 18.9. The van der Waals surface area contributed by atoms with Crippen LogP contribution in [0.25, 0.3) is 0 Å². The van der Waals surface area contributed by atoms with Gasteiger partial charge in [0.1, 0.15) is 29.2 Å². The molecule has 0 fully saturated rings. The standard InChI is InChI=1S/C19H20F2N4O2/c1-10(2)15(22)19(27)25-14(9-11-5-4-8-23-17(11)25)18(26)24-16-12(20)6-3-7-13(16)21/h3-8,10,14-15H,9,22H2,1-2H3,(H,24,26). The minimum Gasteiger partial charge on any atom is -0.320 e. The van der Waals surface area contributed by atoms with Crippen molar-refractivity contribution in [1.82, 2.24) is 4.98 Å². The third kappa shape index (κ3) is 3.52. The summed E-state index contributed by atoms with van der Waals surface area (Å²) in [5, 5.41) is 2.26. The van der Waals surface area contributed by atoms with E-state index in [1.807, 2.05) is 0 Å². The molecule has 2 atom stereocenters. The van der Waals surface area contributed by atoms with Crippen LogP contribution in [0.3, 0.4) is 0 Å². The lowest BCUT2D eigenvalue weighted by molar-refractivity contribution is -0.124. The summed E-state index contributed by atoms with van der Waals surface area (Å²) in [6.07, 6.45) is 1.69. The molecule has 1 aliphatic heterocycles. The van der Waals surface area contributed by atoms with E-state index in [9.17, 15) is 18.4 Å². The molecule has 8 heteroatoms. The van der Waals surface area contributed by atoms with Gasteiger partial charge in [0.05, 0.1) is 6.04 Å². The predicted octanol–water partition coefficient (Wildman–Crippen LogP) is 2.24. The SMILES string of the molecule is CC(C)C(N)C(=O)N1c2ncccc2CC1C(=O)Nc1c(F)cccc1F. The second-order valence-corrected chi connectivity index (χ2v) is 6.77. The second-order valence-electron chi connectivity index (χ2n) is 6.77. The van der Waals surface area contributed by atoms with Gasteiger partial charge in [0, 0.05) is 12.6 Å². The Morgan fingerprint density at radius 2 is 1.89 bits per heavy atom. The molecule has 2 heterocycles. The molecular weight excluding hydrogens is 354 g/mol. The zero-order valence-corrected chi connectivity index (χ0v) is 14.9. The topological polar surface area (TPSA) is 88.3 Å². The minimum absolute atomic E-state index is 0.155. The Morgan fingerprint density at radius 1 is 1.22 bits per heavy atom. The molecule has 2 unspecified atom stereocenters. The van der Waals surface area contributed by atoms with E-state index in [0.29, 0.717) is 11.4 Å². The van der Waals surface area contributed by atoms with Gasteiger partial charge >= 0.3 is 0 Å².